The molecule has 0 aliphatic heterocycles. The van der Waals surface area contributed by atoms with Gasteiger partial charge in [-0.15, -0.1) is 0 Å². The number of halogens is 1. The summed E-state index contributed by atoms with van der Waals surface area (Å²) in [5.74, 6) is -0.950. The number of carbonyl (C=O) groups is 2. The minimum atomic E-state index is -0.363. The van der Waals surface area contributed by atoms with E-state index in [-0.39, 0.29) is 30.2 Å². The van der Waals surface area contributed by atoms with Crippen LogP contribution in [0.2, 0.25) is 0 Å². The van der Waals surface area contributed by atoms with Gasteiger partial charge in [-0.3, -0.25) is 9.59 Å². The number of carbonyl (C=O) groups excluding carboxylic acids is 2. The van der Waals surface area contributed by atoms with Crippen LogP contribution in [0.5, 0.6) is 0 Å². The lowest BCUT2D eigenvalue weighted by molar-refractivity contribution is 0.0943. The standard InChI is InChI=1S/C18H19FN2O2/c1-12(2)21-18(23)14-8-5-7-13(10-14)17(22)20-11-15-6-3-4-9-16(15)19/h3-10,12H,11H2,1-2H3,(H,20,22)(H,21,23). The summed E-state index contributed by atoms with van der Waals surface area (Å²) in [6.07, 6.45) is 0. The zero-order valence-corrected chi connectivity index (χ0v) is 13.1. The largest absolute Gasteiger partial charge is 0.350 e. The van der Waals surface area contributed by atoms with E-state index < -0.39 is 0 Å². The SMILES string of the molecule is CC(C)NC(=O)c1cccc(C(=O)NCc2ccccc2F)c1. The number of rotatable bonds is 5. The fourth-order valence-corrected chi connectivity index (χ4v) is 2.07. The van der Waals surface area contributed by atoms with Crippen molar-refractivity contribution >= 4 is 11.8 Å². The highest BCUT2D eigenvalue weighted by Crippen LogP contribution is 2.08. The topological polar surface area (TPSA) is 58.2 Å². The Balaban J connectivity index is 2.05. The maximum atomic E-state index is 13.5. The minimum Gasteiger partial charge on any atom is -0.350 e. The van der Waals surface area contributed by atoms with Crippen molar-refractivity contribution in [2.45, 2.75) is 26.4 Å². The van der Waals surface area contributed by atoms with Crippen molar-refractivity contribution in [1.82, 2.24) is 10.6 Å². The molecule has 2 N–H and O–H groups in total. The molecule has 0 atom stereocenters. The van der Waals surface area contributed by atoms with Crippen LogP contribution >= 0.6 is 0 Å². The van der Waals surface area contributed by atoms with Gasteiger partial charge in [0.2, 0.25) is 0 Å². The number of amides is 2. The number of nitrogens with one attached hydrogen (secondary N) is 2. The lowest BCUT2D eigenvalue weighted by Crippen LogP contribution is -2.30. The second-order valence-electron chi connectivity index (χ2n) is 5.48. The van der Waals surface area contributed by atoms with Gasteiger partial charge in [0.25, 0.3) is 11.8 Å². The maximum Gasteiger partial charge on any atom is 0.251 e. The second kappa shape index (κ2) is 7.54. The van der Waals surface area contributed by atoms with Crippen LogP contribution in [0.15, 0.2) is 48.5 Å². The zero-order valence-electron chi connectivity index (χ0n) is 13.1. The van der Waals surface area contributed by atoms with E-state index in [1.165, 1.54) is 12.1 Å². The Bertz CT molecular complexity index is 714. The highest BCUT2D eigenvalue weighted by atomic mass is 19.1. The van der Waals surface area contributed by atoms with Crippen LogP contribution in [-0.2, 0) is 6.54 Å². The molecule has 0 bridgehead atoms. The molecule has 2 rings (SSSR count). The van der Waals surface area contributed by atoms with E-state index in [0.717, 1.165) is 0 Å². The van der Waals surface area contributed by atoms with Gasteiger partial charge in [-0.25, -0.2) is 4.39 Å². The Hall–Kier alpha value is -2.69. The summed E-state index contributed by atoms with van der Waals surface area (Å²) in [6, 6.07) is 12.7. The third-order valence-corrected chi connectivity index (χ3v) is 3.20. The van der Waals surface area contributed by atoms with Gasteiger partial charge < -0.3 is 10.6 Å². The minimum absolute atomic E-state index is 0.0149. The number of benzene rings is 2. The van der Waals surface area contributed by atoms with Gasteiger partial charge >= 0.3 is 0 Å². The quantitative estimate of drug-likeness (QED) is 0.891. The molecule has 0 aliphatic carbocycles. The Kier molecular flexibility index (Phi) is 5.46. The summed E-state index contributed by atoms with van der Waals surface area (Å²) in [6.45, 7) is 3.82. The van der Waals surface area contributed by atoms with Crippen molar-refractivity contribution in [3.05, 3.63) is 71.0 Å². The summed E-state index contributed by atoms with van der Waals surface area (Å²) in [5, 5.41) is 5.42. The molecule has 2 amide bonds. The molecule has 0 heterocycles. The fraction of sp³-hybridized carbons (Fsp3) is 0.222. The monoisotopic (exact) mass is 314 g/mol. The van der Waals surface area contributed by atoms with Crippen LogP contribution in [0.25, 0.3) is 0 Å². The Morgan fingerprint density at radius 2 is 1.65 bits per heavy atom. The lowest BCUT2D eigenvalue weighted by Gasteiger charge is -2.10. The van der Waals surface area contributed by atoms with Gasteiger partial charge in [0.1, 0.15) is 5.82 Å². The molecule has 2 aromatic carbocycles. The van der Waals surface area contributed by atoms with Crippen LogP contribution in [0.1, 0.15) is 40.1 Å². The molecular formula is C18H19FN2O2. The van der Waals surface area contributed by atoms with Gasteiger partial charge in [0.05, 0.1) is 0 Å². The van der Waals surface area contributed by atoms with E-state index in [9.17, 15) is 14.0 Å². The van der Waals surface area contributed by atoms with Gasteiger partial charge in [-0.05, 0) is 38.1 Å². The van der Waals surface area contributed by atoms with Crippen LogP contribution in [0.4, 0.5) is 4.39 Å². The van der Waals surface area contributed by atoms with Crippen LogP contribution in [0.3, 0.4) is 0 Å². The van der Waals surface area contributed by atoms with Crippen molar-refractivity contribution in [2.75, 3.05) is 0 Å². The highest BCUT2D eigenvalue weighted by Gasteiger charge is 2.11. The Morgan fingerprint density at radius 1 is 1.00 bits per heavy atom. The molecule has 0 fully saturated rings. The normalized spacial score (nSPS) is 10.4. The summed E-state index contributed by atoms with van der Waals surface area (Å²) in [4.78, 5) is 24.1. The molecule has 120 valence electrons. The van der Waals surface area contributed by atoms with Crippen LogP contribution < -0.4 is 10.6 Å². The highest BCUT2D eigenvalue weighted by molar-refractivity contribution is 5.99. The molecular weight excluding hydrogens is 295 g/mol. The Morgan fingerprint density at radius 3 is 2.30 bits per heavy atom. The van der Waals surface area contributed by atoms with Crippen molar-refractivity contribution < 1.29 is 14.0 Å². The van der Waals surface area contributed by atoms with Gasteiger partial charge in [-0.2, -0.15) is 0 Å². The third kappa shape index (κ3) is 4.64. The molecule has 0 saturated heterocycles. The lowest BCUT2D eigenvalue weighted by atomic mass is 10.1. The van der Waals surface area contributed by atoms with Crippen molar-refractivity contribution in [3.8, 4) is 0 Å². The molecule has 0 radical (unpaired) electrons. The first kappa shape index (κ1) is 16.7. The number of hydrogen-bond donors (Lipinski definition) is 2. The van der Waals surface area contributed by atoms with Crippen molar-refractivity contribution in [2.24, 2.45) is 0 Å². The average Bonchev–Trinajstić information content (AvgIpc) is 2.53. The van der Waals surface area contributed by atoms with Gasteiger partial charge in [-0.1, -0.05) is 24.3 Å². The second-order valence-corrected chi connectivity index (χ2v) is 5.48. The predicted molar refractivity (Wildman–Crippen MR) is 86.6 cm³/mol. The summed E-state index contributed by atoms with van der Waals surface area (Å²) in [5.41, 5.74) is 1.18. The van der Waals surface area contributed by atoms with Crippen molar-refractivity contribution in [1.29, 1.82) is 0 Å². The maximum absolute atomic E-state index is 13.5. The van der Waals surface area contributed by atoms with Gasteiger partial charge in [0, 0.05) is 29.3 Å². The summed E-state index contributed by atoms with van der Waals surface area (Å²) >= 11 is 0. The molecule has 0 unspecified atom stereocenters. The summed E-state index contributed by atoms with van der Waals surface area (Å²) in [7, 11) is 0. The average molecular weight is 314 g/mol. The smallest absolute Gasteiger partial charge is 0.251 e. The number of hydrogen-bond acceptors (Lipinski definition) is 2. The van der Waals surface area contributed by atoms with Gasteiger partial charge in [0.15, 0.2) is 0 Å². The van der Waals surface area contributed by atoms with Crippen LogP contribution in [0, 0.1) is 5.82 Å². The third-order valence-electron chi connectivity index (χ3n) is 3.20. The summed E-state index contributed by atoms with van der Waals surface area (Å²) < 4.78 is 13.5. The first-order chi connectivity index (χ1) is 11.0. The zero-order chi connectivity index (χ0) is 16.8. The van der Waals surface area contributed by atoms with E-state index in [1.807, 2.05) is 13.8 Å². The van der Waals surface area contributed by atoms with Crippen LogP contribution in [-0.4, -0.2) is 17.9 Å². The fourth-order valence-electron chi connectivity index (χ4n) is 2.07. The molecule has 0 aromatic heterocycles. The molecule has 0 aliphatic rings. The van der Waals surface area contributed by atoms with E-state index in [0.29, 0.717) is 16.7 Å². The molecule has 5 heteroatoms. The van der Waals surface area contributed by atoms with E-state index in [1.54, 1.807) is 36.4 Å². The van der Waals surface area contributed by atoms with E-state index in [4.69, 9.17) is 0 Å². The molecule has 4 nitrogen and oxygen atoms in total. The molecule has 2 aromatic rings. The molecule has 0 spiro atoms. The predicted octanol–water partition coefficient (Wildman–Crippen LogP) is 2.89. The molecule has 23 heavy (non-hydrogen) atoms. The first-order valence-electron chi connectivity index (χ1n) is 7.40. The molecule has 0 saturated carbocycles. The van der Waals surface area contributed by atoms with Crippen molar-refractivity contribution in [3.63, 3.8) is 0 Å². The van der Waals surface area contributed by atoms with E-state index >= 15 is 0 Å². The van der Waals surface area contributed by atoms with E-state index in [2.05, 4.69) is 10.6 Å². The Labute approximate surface area is 134 Å². The first-order valence-corrected chi connectivity index (χ1v) is 7.40.